The SMILES string of the molecule is C=CCN(C(=O)C(Cc1ccccc1)NC(=O)OC(C)(C)C)C(C(=O)NC1CCCCC1)c1ccc(O)cc1. The summed E-state index contributed by atoms with van der Waals surface area (Å²) < 4.78 is 5.45. The Morgan fingerprint density at radius 3 is 2.28 bits per heavy atom. The van der Waals surface area contributed by atoms with E-state index in [-0.39, 0.29) is 30.7 Å². The second kappa shape index (κ2) is 13.8. The molecule has 0 saturated heterocycles. The van der Waals surface area contributed by atoms with Crippen molar-refractivity contribution in [1.29, 1.82) is 0 Å². The minimum atomic E-state index is -0.996. The van der Waals surface area contributed by atoms with Gasteiger partial charge in [-0.3, -0.25) is 9.59 Å². The van der Waals surface area contributed by atoms with E-state index in [9.17, 15) is 19.5 Å². The van der Waals surface area contributed by atoms with Gasteiger partial charge < -0.3 is 25.4 Å². The van der Waals surface area contributed by atoms with Crippen LogP contribution in [0.3, 0.4) is 0 Å². The lowest BCUT2D eigenvalue weighted by Gasteiger charge is -2.35. The molecule has 2 atom stereocenters. The van der Waals surface area contributed by atoms with Gasteiger partial charge in [-0.15, -0.1) is 6.58 Å². The van der Waals surface area contributed by atoms with Crippen LogP contribution in [0.5, 0.6) is 5.75 Å². The number of aromatic hydroxyl groups is 1. The highest BCUT2D eigenvalue weighted by Crippen LogP contribution is 2.27. The predicted octanol–water partition coefficient (Wildman–Crippen LogP) is 5.03. The molecule has 0 aromatic heterocycles. The summed E-state index contributed by atoms with van der Waals surface area (Å²) in [5.74, 6) is -0.694. The number of alkyl carbamates (subject to hydrolysis) is 1. The van der Waals surface area contributed by atoms with Crippen molar-refractivity contribution in [3.05, 3.63) is 78.4 Å². The first kappa shape index (κ1) is 29.7. The van der Waals surface area contributed by atoms with Crippen LogP contribution in [0, 0.1) is 0 Å². The van der Waals surface area contributed by atoms with E-state index in [2.05, 4.69) is 17.2 Å². The van der Waals surface area contributed by atoms with Crippen molar-refractivity contribution in [1.82, 2.24) is 15.5 Å². The molecule has 0 bridgehead atoms. The molecule has 3 amide bonds. The number of phenols is 1. The molecule has 2 aromatic carbocycles. The summed E-state index contributed by atoms with van der Waals surface area (Å²) in [5, 5.41) is 15.8. The molecule has 0 aliphatic heterocycles. The molecular weight excluding hydrogens is 494 g/mol. The van der Waals surface area contributed by atoms with Crippen molar-refractivity contribution in [3.8, 4) is 5.75 Å². The average molecular weight is 536 g/mol. The lowest BCUT2D eigenvalue weighted by molar-refractivity contribution is -0.142. The fraction of sp³-hybridized carbons (Fsp3) is 0.452. The molecule has 3 N–H and O–H groups in total. The van der Waals surface area contributed by atoms with Crippen LogP contribution in [-0.4, -0.2) is 52.1 Å². The molecule has 39 heavy (non-hydrogen) atoms. The van der Waals surface area contributed by atoms with Crippen LogP contribution in [0.2, 0.25) is 0 Å². The number of ether oxygens (including phenoxy) is 1. The van der Waals surface area contributed by atoms with Gasteiger partial charge in [-0.1, -0.05) is 67.8 Å². The average Bonchev–Trinajstić information content (AvgIpc) is 2.89. The summed E-state index contributed by atoms with van der Waals surface area (Å²) in [5.41, 5.74) is 0.644. The van der Waals surface area contributed by atoms with Gasteiger partial charge in [-0.05, 0) is 56.9 Å². The number of benzene rings is 2. The second-order valence-corrected chi connectivity index (χ2v) is 11.0. The van der Waals surface area contributed by atoms with Gasteiger partial charge in [-0.2, -0.15) is 0 Å². The van der Waals surface area contributed by atoms with Crippen LogP contribution in [0.4, 0.5) is 4.79 Å². The molecule has 8 nitrogen and oxygen atoms in total. The predicted molar refractivity (Wildman–Crippen MR) is 151 cm³/mol. The normalized spacial score (nSPS) is 15.5. The molecule has 1 aliphatic rings. The molecule has 2 aromatic rings. The Labute approximate surface area is 231 Å². The van der Waals surface area contributed by atoms with E-state index in [1.807, 2.05) is 30.3 Å². The maximum absolute atomic E-state index is 14.2. The van der Waals surface area contributed by atoms with Gasteiger partial charge in [0.2, 0.25) is 11.8 Å². The zero-order chi connectivity index (χ0) is 28.4. The molecule has 1 aliphatic carbocycles. The number of hydrogen-bond acceptors (Lipinski definition) is 5. The Bertz CT molecular complexity index is 1110. The molecule has 0 radical (unpaired) electrons. The zero-order valence-electron chi connectivity index (χ0n) is 23.2. The highest BCUT2D eigenvalue weighted by Gasteiger charge is 2.36. The molecule has 3 rings (SSSR count). The summed E-state index contributed by atoms with van der Waals surface area (Å²) in [4.78, 5) is 42.2. The van der Waals surface area contributed by atoms with E-state index in [4.69, 9.17) is 4.74 Å². The van der Waals surface area contributed by atoms with Crippen LogP contribution < -0.4 is 10.6 Å². The number of amides is 3. The standard InChI is InChI=1S/C31H41N3O5/c1-5-20-34(27(23-16-18-25(35)19-17-23)28(36)32-24-14-10-7-11-15-24)29(37)26(21-22-12-8-6-9-13-22)33-30(38)39-31(2,3)4/h5-6,8-9,12-13,16-19,24,26-27,35H,1,7,10-11,14-15,20-21H2,2-4H3,(H,32,36)(H,33,38). The molecule has 210 valence electrons. The van der Waals surface area contributed by atoms with E-state index in [0.717, 1.165) is 37.7 Å². The lowest BCUT2D eigenvalue weighted by Crippen LogP contribution is -2.54. The Balaban J connectivity index is 1.97. The van der Waals surface area contributed by atoms with Crippen molar-refractivity contribution in [2.75, 3.05) is 6.54 Å². The van der Waals surface area contributed by atoms with Crippen molar-refractivity contribution in [2.45, 2.75) is 83.0 Å². The smallest absolute Gasteiger partial charge is 0.408 e. The first-order chi connectivity index (χ1) is 18.6. The first-order valence-corrected chi connectivity index (χ1v) is 13.6. The number of carbonyl (C=O) groups excluding carboxylic acids is 3. The van der Waals surface area contributed by atoms with Gasteiger partial charge in [0.15, 0.2) is 0 Å². The highest BCUT2D eigenvalue weighted by atomic mass is 16.6. The van der Waals surface area contributed by atoms with Crippen LogP contribution in [0.15, 0.2) is 67.3 Å². The summed E-state index contributed by atoms with van der Waals surface area (Å²) in [6.45, 7) is 9.15. The Hall–Kier alpha value is -3.81. The van der Waals surface area contributed by atoms with Gasteiger partial charge in [0.05, 0.1) is 0 Å². The van der Waals surface area contributed by atoms with Gasteiger partial charge in [-0.25, -0.2) is 4.79 Å². The second-order valence-electron chi connectivity index (χ2n) is 11.0. The van der Waals surface area contributed by atoms with E-state index in [1.165, 1.54) is 17.0 Å². The number of phenolic OH excluding ortho intramolecular Hbond substituents is 1. The fourth-order valence-electron chi connectivity index (χ4n) is 4.82. The third-order valence-corrected chi connectivity index (χ3v) is 6.60. The van der Waals surface area contributed by atoms with E-state index in [1.54, 1.807) is 39.0 Å². The molecular formula is C31H41N3O5. The maximum atomic E-state index is 14.2. The molecule has 0 spiro atoms. The largest absolute Gasteiger partial charge is 0.508 e. The summed E-state index contributed by atoms with van der Waals surface area (Å²) >= 11 is 0. The van der Waals surface area contributed by atoms with Crippen molar-refractivity contribution >= 4 is 17.9 Å². The molecule has 1 saturated carbocycles. The molecule has 1 fully saturated rings. The highest BCUT2D eigenvalue weighted by molar-refractivity contribution is 5.92. The van der Waals surface area contributed by atoms with Crippen molar-refractivity contribution in [3.63, 3.8) is 0 Å². The van der Waals surface area contributed by atoms with Crippen LogP contribution in [-0.2, 0) is 20.7 Å². The quantitative estimate of drug-likeness (QED) is 0.370. The van der Waals surface area contributed by atoms with Crippen molar-refractivity contribution < 1.29 is 24.2 Å². The Morgan fingerprint density at radius 1 is 1.05 bits per heavy atom. The number of nitrogens with zero attached hydrogens (tertiary/aromatic N) is 1. The third kappa shape index (κ3) is 9.16. The monoisotopic (exact) mass is 535 g/mol. The minimum absolute atomic E-state index is 0.0338. The number of hydrogen-bond donors (Lipinski definition) is 3. The number of rotatable bonds is 10. The van der Waals surface area contributed by atoms with Crippen LogP contribution in [0.1, 0.15) is 70.0 Å². The zero-order valence-corrected chi connectivity index (χ0v) is 23.2. The number of nitrogens with one attached hydrogen (secondary N) is 2. The minimum Gasteiger partial charge on any atom is -0.508 e. The van der Waals surface area contributed by atoms with Gasteiger partial charge in [0, 0.05) is 19.0 Å². The maximum Gasteiger partial charge on any atom is 0.408 e. The van der Waals surface area contributed by atoms with Crippen molar-refractivity contribution in [2.24, 2.45) is 0 Å². The van der Waals surface area contributed by atoms with Crippen LogP contribution in [0.25, 0.3) is 0 Å². The first-order valence-electron chi connectivity index (χ1n) is 13.6. The molecule has 0 heterocycles. The Morgan fingerprint density at radius 2 is 1.69 bits per heavy atom. The van der Waals surface area contributed by atoms with Crippen LogP contribution >= 0.6 is 0 Å². The van der Waals surface area contributed by atoms with E-state index < -0.39 is 29.7 Å². The molecule has 8 heteroatoms. The molecule has 2 unspecified atom stereocenters. The summed E-state index contributed by atoms with van der Waals surface area (Å²) in [7, 11) is 0. The summed E-state index contributed by atoms with van der Waals surface area (Å²) in [6, 6.07) is 13.7. The number of carbonyl (C=O) groups is 3. The van der Waals surface area contributed by atoms with Gasteiger partial charge in [0.25, 0.3) is 0 Å². The van der Waals surface area contributed by atoms with E-state index >= 15 is 0 Å². The third-order valence-electron chi connectivity index (χ3n) is 6.60. The summed E-state index contributed by atoms with van der Waals surface area (Å²) in [6.07, 6.45) is 6.06. The Kier molecular flexibility index (Phi) is 10.5. The van der Waals surface area contributed by atoms with Gasteiger partial charge in [0.1, 0.15) is 23.4 Å². The fourth-order valence-corrected chi connectivity index (χ4v) is 4.82. The van der Waals surface area contributed by atoms with E-state index in [0.29, 0.717) is 5.56 Å². The lowest BCUT2D eigenvalue weighted by atomic mass is 9.94. The van der Waals surface area contributed by atoms with Gasteiger partial charge >= 0.3 is 6.09 Å². The topological polar surface area (TPSA) is 108 Å².